The molecule has 1 atom stereocenters. The Morgan fingerprint density at radius 1 is 0.667 bits per heavy atom. The summed E-state index contributed by atoms with van der Waals surface area (Å²) in [5.74, 6) is -46.9. The van der Waals surface area contributed by atoms with Gasteiger partial charge in [-0.3, -0.25) is 9.45 Å². The number of nitrogens with zero attached hydrogens (tertiary/aromatic N) is 2. The van der Waals surface area contributed by atoms with Gasteiger partial charge in [-0.05, 0) is 0 Å². The van der Waals surface area contributed by atoms with Crippen LogP contribution >= 0.6 is 0 Å². The largest absolute Gasteiger partial charge is 0.460 e. The fraction of sp³-hybridized carbons (Fsp3) is 0.867. The third-order valence-corrected chi connectivity index (χ3v) is 6.24. The molecule has 1 N–H and O–H groups in total. The molecule has 1 unspecified atom stereocenters. The minimum absolute atomic E-state index is 0.659. The van der Waals surface area contributed by atoms with Crippen molar-refractivity contribution in [3.63, 3.8) is 0 Å². The van der Waals surface area contributed by atoms with E-state index >= 15 is 0 Å². The Bertz CT molecular complexity index is 1130. The highest BCUT2D eigenvalue weighted by molar-refractivity contribution is 7.87. The van der Waals surface area contributed by atoms with E-state index in [4.69, 9.17) is 4.55 Å². The second-order valence-electron chi connectivity index (χ2n) is 8.07. The van der Waals surface area contributed by atoms with E-state index in [9.17, 15) is 101 Å². The molecule has 0 bridgehead atoms. The van der Waals surface area contributed by atoms with Gasteiger partial charge in [0, 0.05) is 25.4 Å². The van der Waals surface area contributed by atoms with Gasteiger partial charge in [-0.15, -0.1) is 0 Å². The summed E-state index contributed by atoms with van der Waals surface area (Å²) in [7, 11) is -7.45. The van der Waals surface area contributed by atoms with Crippen molar-refractivity contribution in [3.05, 3.63) is 12.4 Å². The standard InChI is InChI=1S/C15H9F21N2O3S/c16-5(17)9(22,23)38-4-3-37(6(38)8(20,21)15(35,36)42(39,40)41)2-1-7(18,19)10(24,25)11(26,27)12(28,29)13(30,31)14(32,33)34/h3-6H,1-2H2,(H,39,40,41). The molecule has 1 heterocycles. The fourth-order valence-electron chi connectivity index (χ4n) is 2.99. The van der Waals surface area contributed by atoms with Gasteiger partial charge in [0.05, 0.1) is 0 Å². The van der Waals surface area contributed by atoms with Crippen molar-refractivity contribution >= 4 is 10.1 Å². The van der Waals surface area contributed by atoms with Crippen LogP contribution in [0.1, 0.15) is 6.42 Å². The van der Waals surface area contributed by atoms with Gasteiger partial charge in [0.2, 0.25) is 0 Å². The van der Waals surface area contributed by atoms with Crippen molar-refractivity contribution in [1.82, 2.24) is 9.80 Å². The Morgan fingerprint density at radius 3 is 1.43 bits per heavy atom. The van der Waals surface area contributed by atoms with Crippen LogP contribution < -0.4 is 0 Å². The van der Waals surface area contributed by atoms with Crippen molar-refractivity contribution in [1.29, 1.82) is 0 Å². The summed E-state index contributed by atoms with van der Waals surface area (Å²) in [6.07, 6.45) is -22.7. The third kappa shape index (κ3) is 5.35. The predicted molar refractivity (Wildman–Crippen MR) is 89.3 cm³/mol. The van der Waals surface area contributed by atoms with Crippen molar-refractivity contribution in [2.45, 2.75) is 72.0 Å². The predicted octanol–water partition coefficient (Wildman–Crippen LogP) is 6.50. The van der Waals surface area contributed by atoms with Crippen LogP contribution in [0.25, 0.3) is 0 Å². The Morgan fingerprint density at radius 2 is 1.07 bits per heavy atom. The summed E-state index contributed by atoms with van der Waals surface area (Å²) in [5, 5.41) is -7.02. The van der Waals surface area contributed by atoms with Crippen LogP contribution in [0.4, 0.5) is 92.2 Å². The topological polar surface area (TPSA) is 60.9 Å². The lowest BCUT2D eigenvalue weighted by molar-refractivity contribution is -0.440. The van der Waals surface area contributed by atoms with Crippen molar-refractivity contribution in [2.75, 3.05) is 6.54 Å². The van der Waals surface area contributed by atoms with E-state index in [1.807, 2.05) is 0 Å². The van der Waals surface area contributed by atoms with Gasteiger partial charge in [-0.1, -0.05) is 0 Å². The number of alkyl halides is 21. The van der Waals surface area contributed by atoms with E-state index in [1.54, 1.807) is 0 Å². The SMILES string of the molecule is O=S(=O)(O)C(F)(F)C(F)(F)C1N(CCC(F)(F)C(F)(F)C(F)(F)C(F)(F)C(F)(F)C(F)(F)F)C=CN1C(F)(F)C(F)F. The molecule has 0 aromatic rings. The Hall–Kier alpha value is -2.22. The average molecular weight is 696 g/mol. The van der Waals surface area contributed by atoms with E-state index in [1.165, 1.54) is 0 Å². The number of hydrogen-bond donors (Lipinski definition) is 1. The summed E-state index contributed by atoms with van der Waals surface area (Å²) >= 11 is 0. The highest BCUT2D eigenvalue weighted by atomic mass is 32.2. The molecule has 1 rings (SSSR count). The molecule has 1 aliphatic heterocycles. The van der Waals surface area contributed by atoms with Crippen LogP contribution in [-0.2, 0) is 10.1 Å². The maximum atomic E-state index is 14.4. The molecule has 0 radical (unpaired) electrons. The zero-order valence-corrected chi connectivity index (χ0v) is 19.5. The summed E-state index contributed by atoms with van der Waals surface area (Å²) in [6, 6.07) is -6.11. The van der Waals surface area contributed by atoms with Crippen LogP contribution in [0.2, 0.25) is 0 Å². The summed E-state index contributed by atoms with van der Waals surface area (Å²) in [6.45, 7) is -2.83. The summed E-state index contributed by atoms with van der Waals surface area (Å²) in [5.41, 5.74) is 0. The first-order valence-electron chi connectivity index (χ1n) is 9.58. The van der Waals surface area contributed by atoms with E-state index in [0.717, 1.165) is 0 Å². The lowest BCUT2D eigenvalue weighted by atomic mass is 9.92. The second kappa shape index (κ2) is 10.2. The zero-order chi connectivity index (χ0) is 34.1. The van der Waals surface area contributed by atoms with Crippen LogP contribution in [0.3, 0.4) is 0 Å². The third-order valence-electron chi connectivity index (χ3n) is 5.32. The summed E-state index contributed by atoms with van der Waals surface area (Å²) in [4.78, 5) is -3.18. The quantitative estimate of drug-likeness (QED) is 0.144. The molecule has 0 aromatic carbocycles. The molecule has 5 nitrogen and oxygen atoms in total. The highest BCUT2D eigenvalue weighted by Gasteiger charge is 2.90. The molecular formula is C15H9F21N2O3S. The summed E-state index contributed by atoms with van der Waals surface area (Å²) < 4.78 is 310. The smallest absolute Gasteiger partial charge is 0.350 e. The van der Waals surface area contributed by atoms with Gasteiger partial charge in [-0.25, -0.2) is 8.78 Å². The van der Waals surface area contributed by atoms with Gasteiger partial charge in [-0.2, -0.15) is 91.8 Å². The van der Waals surface area contributed by atoms with Crippen LogP contribution in [-0.4, -0.2) is 94.9 Å². The first-order chi connectivity index (χ1) is 18.0. The average Bonchev–Trinajstić information content (AvgIpc) is 3.21. The van der Waals surface area contributed by atoms with Gasteiger partial charge < -0.3 is 4.90 Å². The molecule has 0 amide bonds. The van der Waals surface area contributed by atoms with E-state index in [-0.39, 0.29) is 0 Å². The lowest BCUT2D eigenvalue weighted by Gasteiger charge is -2.43. The molecule has 0 spiro atoms. The lowest BCUT2D eigenvalue weighted by Crippen LogP contribution is -2.70. The molecule has 0 fully saturated rings. The Labute approximate surface area is 217 Å². The number of halogens is 21. The molecule has 1 aliphatic rings. The maximum Gasteiger partial charge on any atom is 0.460 e. The van der Waals surface area contributed by atoms with Gasteiger partial charge in [0.25, 0.3) is 0 Å². The number of rotatable bonds is 12. The highest BCUT2D eigenvalue weighted by Crippen LogP contribution is 2.61. The molecule has 42 heavy (non-hydrogen) atoms. The molecule has 0 saturated carbocycles. The molecule has 0 saturated heterocycles. The minimum Gasteiger partial charge on any atom is -0.350 e. The van der Waals surface area contributed by atoms with Gasteiger partial charge in [0.1, 0.15) is 0 Å². The van der Waals surface area contributed by atoms with E-state index in [0.29, 0.717) is 0 Å². The van der Waals surface area contributed by atoms with Gasteiger partial charge >= 0.3 is 69.6 Å². The van der Waals surface area contributed by atoms with Crippen LogP contribution in [0.5, 0.6) is 0 Å². The van der Waals surface area contributed by atoms with Crippen molar-refractivity contribution in [3.8, 4) is 0 Å². The fourth-order valence-corrected chi connectivity index (χ4v) is 3.44. The molecule has 27 heteroatoms. The second-order valence-corrected chi connectivity index (χ2v) is 9.53. The number of hydrogen-bond acceptors (Lipinski definition) is 4. The normalized spacial score (nSPS) is 19.4. The zero-order valence-electron chi connectivity index (χ0n) is 18.7. The minimum atomic E-state index is -8.40. The maximum absolute atomic E-state index is 14.4. The van der Waals surface area contributed by atoms with Gasteiger partial charge in [0.15, 0.2) is 6.17 Å². The van der Waals surface area contributed by atoms with Crippen molar-refractivity contribution in [2.24, 2.45) is 0 Å². The van der Waals surface area contributed by atoms with E-state index < -0.39 is 111 Å². The molecule has 250 valence electrons. The Kier molecular flexibility index (Phi) is 9.15. The van der Waals surface area contributed by atoms with Crippen LogP contribution in [0.15, 0.2) is 12.4 Å². The van der Waals surface area contributed by atoms with Crippen molar-refractivity contribution < 1.29 is 105 Å². The molecule has 0 aliphatic carbocycles. The Balaban J connectivity index is 3.61. The first-order valence-corrected chi connectivity index (χ1v) is 11.0. The molecule has 0 aromatic heterocycles. The molecular weight excluding hydrogens is 687 g/mol. The van der Waals surface area contributed by atoms with Crippen LogP contribution in [0, 0.1) is 0 Å². The van der Waals surface area contributed by atoms with E-state index in [2.05, 4.69) is 0 Å². The monoisotopic (exact) mass is 696 g/mol. The first kappa shape index (κ1) is 37.8.